The first-order valence-electron chi connectivity index (χ1n) is 13.5. The van der Waals surface area contributed by atoms with Crippen LogP contribution in [-0.4, -0.2) is 28.5 Å². The van der Waals surface area contributed by atoms with Crippen LogP contribution in [0.4, 0.5) is 17.2 Å². The largest absolute Gasteiger partial charge is 0.333 e. The lowest BCUT2D eigenvalue weighted by molar-refractivity contribution is 0.917. The molecule has 0 unspecified atom stereocenters. The molecular weight excluding hydrogens is 506 g/mol. The van der Waals surface area contributed by atoms with Crippen molar-refractivity contribution in [3.63, 3.8) is 0 Å². The number of hydrogen-bond donors (Lipinski definition) is 0. The van der Waals surface area contributed by atoms with E-state index < -0.39 is 0 Å². The van der Waals surface area contributed by atoms with Gasteiger partial charge in [0.15, 0.2) is 5.82 Å². The number of nitrogens with zero attached hydrogens (tertiary/aromatic N) is 7. The van der Waals surface area contributed by atoms with Crippen molar-refractivity contribution in [2.24, 2.45) is 7.05 Å². The summed E-state index contributed by atoms with van der Waals surface area (Å²) in [7, 11) is 1.98. The maximum atomic E-state index is 5.33. The Balaban J connectivity index is 1.42. The molecule has 7 nitrogen and oxygen atoms in total. The lowest BCUT2D eigenvalue weighted by Crippen LogP contribution is -2.12. The Morgan fingerprint density at radius 2 is 1.34 bits per heavy atom. The topological polar surface area (TPSA) is 56.2 Å². The molecule has 4 aromatic carbocycles. The van der Waals surface area contributed by atoms with Gasteiger partial charge in [-0.3, -0.25) is 13.9 Å². The quantitative estimate of drug-likeness (QED) is 0.228. The van der Waals surface area contributed by atoms with Gasteiger partial charge in [-0.05, 0) is 60.7 Å². The number of hydrogen-bond acceptors (Lipinski definition) is 4. The van der Waals surface area contributed by atoms with Crippen molar-refractivity contribution in [3.05, 3.63) is 134 Å². The highest BCUT2D eigenvalue weighted by atomic mass is 15.2. The Bertz CT molecular complexity index is 2170. The van der Waals surface area contributed by atoms with E-state index in [0.717, 1.165) is 62.2 Å². The summed E-state index contributed by atoms with van der Waals surface area (Å²) in [6.45, 7) is 0. The SMILES string of the molecule is Cn1ccnc1-c1cccc(N(c2ccccc2)c2cccc3c2nc2n(-c4ccccc4)c4ccccc4n32)n1. The second-order valence-corrected chi connectivity index (χ2v) is 9.97. The van der Waals surface area contributed by atoms with Gasteiger partial charge in [-0.1, -0.05) is 60.7 Å². The number of anilines is 3. The predicted molar refractivity (Wildman–Crippen MR) is 164 cm³/mol. The first-order valence-corrected chi connectivity index (χ1v) is 13.5. The molecule has 41 heavy (non-hydrogen) atoms. The molecule has 0 aliphatic rings. The second kappa shape index (κ2) is 9.20. The van der Waals surface area contributed by atoms with Gasteiger partial charge < -0.3 is 4.57 Å². The Kier molecular flexibility index (Phi) is 5.21. The molecule has 0 aliphatic carbocycles. The van der Waals surface area contributed by atoms with Gasteiger partial charge in [0.25, 0.3) is 0 Å². The summed E-state index contributed by atoms with van der Waals surface area (Å²) in [5, 5.41) is 0. The van der Waals surface area contributed by atoms with E-state index in [1.807, 2.05) is 60.3 Å². The van der Waals surface area contributed by atoms with Gasteiger partial charge in [-0.2, -0.15) is 0 Å². The zero-order chi connectivity index (χ0) is 27.3. The fraction of sp³-hybridized carbons (Fsp3) is 0.0294. The molecule has 0 aliphatic heterocycles. The standard InChI is InChI=1S/C34H25N7/c1-38-23-22-35-33(38)26-16-10-21-31(36-26)39(24-12-4-2-5-13-24)29-19-11-20-30-32(29)37-34-40(25-14-6-3-7-15-25)27-17-8-9-18-28(27)41(30)34/h2-23H,1H3. The molecule has 0 saturated carbocycles. The molecule has 0 fully saturated rings. The van der Waals surface area contributed by atoms with Crippen LogP contribution in [0.5, 0.6) is 0 Å². The monoisotopic (exact) mass is 531 g/mol. The molecule has 8 rings (SSSR count). The number of para-hydroxylation sites is 5. The minimum Gasteiger partial charge on any atom is -0.333 e. The van der Waals surface area contributed by atoms with Crippen molar-refractivity contribution < 1.29 is 0 Å². The van der Waals surface area contributed by atoms with Crippen LogP contribution in [0.15, 0.2) is 134 Å². The number of rotatable bonds is 5. The summed E-state index contributed by atoms with van der Waals surface area (Å²) in [6, 6.07) is 41.6. The maximum Gasteiger partial charge on any atom is 0.220 e. The van der Waals surface area contributed by atoms with Crippen LogP contribution in [0.1, 0.15) is 0 Å². The van der Waals surface area contributed by atoms with E-state index in [0.29, 0.717) is 0 Å². The number of imidazole rings is 3. The highest BCUT2D eigenvalue weighted by molar-refractivity contribution is 6.00. The van der Waals surface area contributed by atoms with E-state index in [9.17, 15) is 0 Å². The third kappa shape index (κ3) is 3.63. The van der Waals surface area contributed by atoms with Crippen LogP contribution >= 0.6 is 0 Å². The van der Waals surface area contributed by atoms with Crippen LogP contribution < -0.4 is 4.90 Å². The van der Waals surface area contributed by atoms with Gasteiger partial charge in [0, 0.05) is 30.8 Å². The minimum absolute atomic E-state index is 0.790. The molecule has 0 spiro atoms. The molecule has 0 bridgehead atoms. The molecule has 0 atom stereocenters. The third-order valence-corrected chi connectivity index (χ3v) is 7.49. The molecular formula is C34H25N7. The first-order chi connectivity index (χ1) is 20.3. The lowest BCUT2D eigenvalue weighted by Gasteiger charge is -2.25. The zero-order valence-corrected chi connectivity index (χ0v) is 22.3. The van der Waals surface area contributed by atoms with E-state index >= 15 is 0 Å². The van der Waals surface area contributed by atoms with Crippen molar-refractivity contribution in [2.75, 3.05) is 4.90 Å². The van der Waals surface area contributed by atoms with E-state index in [1.165, 1.54) is 0 Å². The Morgan fingerprint density at radius 3 is 2.12 bits per heavy atom. The first kappa shape index (κ1) is 23.2. The van der Waals surface area contributed by atoms with Crippen LogP contribution in [0.2, 0.25) is 0 Å². The van der Waals surface area contributed by atoms with E-state index in [-0.39, 0.29) is 0 Å². The smallest absolute Gasteiger partial charge is 0.220 e. The van der Waals surface area contributed by atoms with Crippen molar-refractivity contribution in [2.45, 2.75) is 0 Å². The van der Waals surface area contributed by atoms with Crippen LogP contribution in [0, 0.1) is 0 Å². The predicted octanol–water partition coefficient (Wildman–Crippen LogP) is 7.70. The van der Waals surface area contributed by atoms with Gasteiger partial charge in [0.2, 0.25) is 5.78 Å². The number of pyridine rings is 1. The fourth-order valence-corrected chi connectivity index (χ4v) is 5.68. The minimum atomic E-state index is 0.790. The summed E-state index contributed by atoms with van der Waals surface area (Å²) in [4.78, 5) is 17.1. The molecule has 4 aromatic heterocycles. The van der Waals surface area contributed by atoms with Crippen LogP contribution in [0.3, 0.4) is 0 Å². The summed E-state index contributed by atoms with van der Waals surface area (Å²) in [6.07, 6.45) is 3.73. The van der Waals surface area contributed by atoms with Gasteiger partial charge in [0.1, 0.15) is 17.0 Å². The van der Waals surface area contributed by atoms with Gasteiger partial charge >= 0.3 is 0 Å². The second-order valence-electron chi connectivity index (χ2n) is 9.97. The number of fused-ring (bicyclic) bond motifs is 5. The van der Waals surface area contributed by atoms with E-state index in [2.05, 4.69) is 97.7 Å². The number of aromatic nitrogens is 6. The van der Waals surface area contributed by atoms with Crippen LogP contribution in [0.25, 0.3) is 45.1 Å². The molecule has 196 valence electrons. The Hall–Kier alpha value is -5.69. The summed E-state index contributed by atoms with van der Waals surface area (Å²) >= 11 is 0. The summed E-state index contributed by atoms with van der Waals surface area (Å²) in [5.41, 5.74) is 7.96. The van der Waals surface area contributed by atoms with Gasteiger partial charge in [-0.25, -0.2) is 15.0 Å². The average Bonchev–Trinajstić information content (AvgIpc) is 3.71. The van der Waals surface area contributed by atoms with Crippen molar-refractivity contribution >= 4 is 45.0 Å². The third-order valence-electron chi connectivity index (χ3n) is 7.49. The van der Waals surface area contributed by atoms with E-state index in [4.69, 9.17) is 9.97 Å². The normalized spacial score (nSPS) is 11.5. The van der Waals surface area contributed by atoms with Gasteiger partial charge in [-0.15, -0.1) is 0 Å². The van der Waals surface area contributed by atoms with Crippen molar-refractivity contribution in [1.29, 1.82) is 0 Å². The zero-order valence-electron chi connectivity index (χ0n) is 22.3. The number of benzene rings is 4. The maximum absolute atomic E-state index is 5.33. The van der Waals surface area contributed by atoms with E-state index in [1.54, 1.807) is 6.20 Å². The fourth-order valence-electron chi connectivity index (χ4n) is 5.68. The molecule has 8 aromatic rings. The summed E-state index contributed by atoms with van der Waals surface area (Å²) < 4.78 is 6.46. The highest BCUT2D eigenvalue weighted by Gasteiger charge is 2.23. The molecule has 0 saturated heterocycles. The highest BCUT2D eigenvalue weighted by Crippen LogP contribution is 2.39. The molecule has 0 N–H and O–H groups in total. The molecule has 0 radical (unpaired) electrons. The van der Waals surface area contributed by atoms with Crippen molar-refractivity contribution in [1.82, 2.24) is 28.5 Å². The van der Waals surface area contributed by atoms with Crippen LogP contribution in [-0.2, 0) is 7.05 Å². The average molecular weight is 532 g/mol. The molecule has 7 heteroatoms. The Morgan fingerprint density at radius 1 is 0.634 bits per heavy atom. The molecule has 4 heterocycles. The lowest BCUT2D eigenvalue weighted by atomic mass is 10.2. The van der Waals surface area contributed by atoms with Gasteiger partial charge in [0.05, 0.1) is 22.2 Å². The number of aryl methyl sites for hydroxylation is 1. The summed E-state index contributed by atoms with van der Waals surface area (Å²) in [5.74, 6) is 2.47. The van der Waals surface area contributed by atoms with Crippen molar-refractivity contribution in [3.8, 4) is 17.2 Å². The Labute approximate surface area is 236 Å². The molecule has 0 amide bonds.